The Kier molecular flexibility index (Phi) is 5.27. The number of methoxy groups -OCH3 is 1. The number of urea groups is 1. The largest absolute Gasteiger partial charge is 0.497 e. The van der Waals surface area contributed by atoms with Gasteiger partial charge in [0.05, 0.1) is 18.7 Å². The van der Waals surface area contributed by atoms with Gasteiger partial charge in [-0.1, -0.05) is 28.1 Å². The summed E-state index contributed by atoms with van der Waals surface area (Å²) >= 11 is 3.37. The molecule has 3 N–H and O–H groups in total. The van der Waals surface area contributed by atoms with Crippen molar-refractivity contribution < 1.29 is 14.3 Å². The predicted octanol–water partition coefficient (Wildman–Crippen LogP) is 3.72. The first kappa shape index (κ1) is 18.0. The Morgan fingerprint density at radius 1 is 1.12 bits per heavy atom. The van der Waals surface area contributed by atoms with Crippen molar-refractivity contribution in [1.29, 1.82) is 0 Å². The van der Waals surface area contributed by atoms with Gasteiger partial charge in [-0.05, 0) is 48.9 Å². The van der Waals surface area contributed by atoms with Gasteiger partial charge in [-0.15, -0.1) is 0 Å². The summed E-state index contributed by atoms with van der Waals surface area (Å²) in [7, 11) is 1.59. The molecule has 0 fully saturated rings. The van der Waals surface area contributed by atoms with Crippen LogP contribution in [0.25, 0.3) is 0 Å². The molecule has 7 heteroatoms. The lowest BCUT2D eigenvalue weighted by atomic mass is 9.94. The Balaban J connectivity index is 1.91. The summed E-state index contributed by atoms with van der Waals surface area (Å²) in [5.41, 5.74) is 2.44. The molecule has 2 aromatic carbocycles. The first-order chi connectivity index (χ1) is 12.5. The number of anilines is 1. The third-order valence-electron chi connectivity index (χ3n) is 4.06. The van der Waals surface area contributed by atoms with E-state index in [2.05, 4.69) is 31.9 Å². The average molecular weight is 416 g/mol. The van der Waals surface area contributed by atoms with Crippen LogP contribution in [0.1, 0.15) is 18.5 Å². The van der Waals surface area contributed by atoms with Crippen LogP contribution in [-0.4, -0.2) is 19.0 Å². The van der Waals surface area contributed by atoms with E-state index in [-0.39, 0.29) is 11.9 Å². The first-order valence-corrected chi connectivity index (χ1v) is 8.76. The molecule has 0 aliphatic carbocycles. The van der Waals surface area contributed by atoms with E-state index in [1.54, 1.807) is 38.3 Å². The van der Waals surface area contributed by atoms with Crippen LogP contribution in [0.4, 0.5) is 10.5 Å². The molecule has 1 aliphatic rings. The van der Waals surface area contributed by atoms with Crippen molar-refractivity contribution in [3.8, 4) is 5.75 Å². The minimum Gasteiger partial charge on any atom is -0.497 e. The quantitative estimate of drug-likeness (QED) is 0.711. The number of nitrogens with one attached hydrogen (secondary N) is 3. The number of benzene rings is 2. The summed E-state index contributed by atoms with van der Waals surface area (Å²) in [5.74, 6) is 0.425. The molecular weight excluding hydrogens is 398 g/mol. The second-order valence-corrected chi connectivity index (χ2v) is 6.72. The fourth-order valence-electron chi connectivity index (χ4n) is 2.77. The molecular formula is C19H18BrN3O3. The van der Waals surface area contributed by atoms with Crippen LogP contribution in [0.3, 0.4) is 0 Å². The number of allylic oxidation sites excluding steroid dienone is 1. The van der Waals surface area contributed by atoms with Crippen molar-refractivity contribution >= 4 is 33.6 Å². The van der Waals surface area contributed by atoms with E-state index in [0.29, 0.717) is 22.7 Å². The molecule has 0 saturated carbocycles. The number of carbonyl (C=O) groups excluding carboxylic acids is 2. The van der Waals surface area contributed by atoms with Gasteiger partial charge in [0.1, 0.15) is 5.75 Å². The van der Waals surface area contributed by atoms with Gasteiger partial charge in [0.2, 0.25) is 0 Å². The molecule has 0 unspecified atom stereocenters. The molecule has 1 aliphatic heterocycles. The second-order valence-electron chi connectivity index (χ2n) is 5.80. The third kappa shape index (κ3) is 3.88. The summed E-state index contributed by atoms with van der Waals surface area (Å²) in [6.45, 7) is 1.71. The lowest BCUT2D eigenvalue weighted by Gasteiger charge is -2.28. The molecule has 1 heterocycles. The van der Waals surface area contributed by atoms with E-state index in [1.165, 1.54) is 0 Å². The summed E-state index contributed by atoms with van der Waals surface area (Å²) in [6.07, 6.45) is 0. The fourth-order valence-corrected chi connectivity index (χ4v) is 3.04. The predicted molar refractivity (Wildman–Crippen MR) is 103 cm³/mol. The fraction of sp³-hybridized carbons (Fsp3) is 0.158. The maximum Gasteiger partial charge on any atom is 0.319 e. The van der Waals surface area contributed by atoms with Crippen molar-refractivity contribution in [2.75, 3.05) is 12.4 Å². The number of amides is 3. The van der Waals surface area contributed by atoms with Gasteiger partial charge in [-0.25, -0.2) is 4.79 Å². The summed E-state index contributed by atoms with van der Waals surface area (Å²) in [6, 6.07) is 13.6. The van der Waals surface area contributed by atoms with Crippen molar-refractivity contribution in [2.24, 2.45) is 0 Å². The Bertz CT molecular complexity index is 861. The summed E-state index contributed by atoms with van der Waals surface area (Å²) < 4.78 is 6.09. The minimum absolute atomic E-state index is 0.279. The molecule has 0 radical (unpaired) electrons. The van der Waals surface area contributed by atoms with Crippen molar-refractivity contribution in [3.05, 3.63) is 69.8 Å². The highest BCUT2D eigenvalue weighted by molar-refractivity contribution is 9.10. The summed E-state index contributed by atoms with van der Waals surface area (Å²) in [4.78, 5) is 24.8. The molecule has 3 amide bonds. The van der Waals surface area contributed by atoms with Crippen molar-refractivity contribution in [3.63, 3.8) is 0 Å². The topological polar surface area (TPSA) is 79.5 Å². The number of hydrogen-bond donors (Lipinski definition) is 3. The molecule has 0 aromatic heterocycles. The molecule has 0 bridgehead atoms. The highest BCUT2D eigenvalue weighted by Gasteiger charge is 2.31. The second kappa shape index (κ2) is 7.61. The smallest absolute Gasteiger partial charge is 0.319 e. The van der Waals surface area contributed by atoms with Gasteiger partial charge in [-0.2, -0.15) is 0 Å². The molecule has 26 heavy (non-hydrogen) atoms. The molecule has 6 nitrogen and oxygen atoms in total. The maximum absolute atomic E-state index is 12.9. The first-order valence-electron chi connectivity index (χ1n) is 7.97. The Labute approximate surface area is 159 Å². The number of halogens is 1. The van der Waals surface area contributed by atoms with Gasteiger partial charge in [0.15, 0.2) is 0 Å². The van der Waals surface area contributed by atoms with Crippen LogP contribution in [-0.2, 0) is 4.79 Å². The number of ether oxygens (including phenoxy) is 1. The zero-order valence-corrected chi connectivity index (χ0v) is 15.9. The molecule has 1 atom stereocenters. The number of rotatable bonds is 4. The van der Waals surface area contributed by atoms with Gasteiger partial charge in [-0.3, -0.25) is 4.79 Å². The molecule has 134 valence electrons. The third-order valence-corrected chi connectivity index (χ3v) is 4.59. The van der Waals surface area contributed by atoms with E-state index in [1.807, 2.05) is 24.3 Å². The van der Waals surface area contributed by atoms with Gasteiger partial charge >= 0.3 is 6.03 Å². The summed E-state index contributed by atoms with van der Waals surface area (Å²) in [5, 5.41) is 8.35. The van der Waals surface area contributed by atoms with Gasteiger partial charge < -0.3 is 20.7 Å². The Morgan fingerprint density at radius 2 is 1.77 bits per heavy atom. The van der Waals surface area contributed by atoms with E-state index >= 15 is 0 Å². The molecule has 3 rings (SSSR count). The van der Waals surface area contributed by atoms with E-state index < -0.39 is 6.04 Å². The van der Waals surface area contributed by atoms with Gasteiger partial charge in [0, 0.05) is 15.9 Å². The average Bonchev–Trinajstić information content (AvgIpc) is 2.63. The van der Waals surface area contributed by atoms with E-state index in [0.717, 1.165) is 10.0 Å². The van der Waals surface area contributed by atoms with E-state index in [9.17, 15) is 9.59 Å². The molecule has 0 saturated heterocycles. The van der Waals surface area contributed by atoms with E-state index in [4.69, 9.17) is 4.74 Å². The standard InChI is InChI=1S/C19H18BrN3O3/c1-11-16(18(24)22-14-7-5-13(20)6-8-14)17(23-19(25)21-11)12-3-9-15(26-2)10-4-12/h3-10,17H,1-2H3,(H,22,24)(H2,21,23,25)/t17-/m1/s1. The maximum atomic E-state index is 12.9. The Morgan fingerprint density at radius 3 is 2.38 bits per heavy atom. The van der Waals surface area contributed by atoms with Crippen LogP contribution >= 0.6 is 15.9 Å². The molecule has 0 spiro atoms. The lowest BCUT2D eigenvalue weighted by molar-refractivity contribution is -0.113. The van der Waals surface area contributed by atoms with Crippen LogP contribution in [0, 0.1) is 0 Å². The number of hydrogen-bond acceptors (Lipinski definition) is 3. The van der Waals surface area contributed by atoms with Gasteiger partial charge in [0.25, 0.3) is 5.91 Å². The minimum atomic E-state index is -0.551. The Hall–Kier alpha value is -2.80. The highest BCUT2D eigenvalue weighted by Crippen LogP contribution is 2.29. The zero-order chi connectivity index (χ0) is 18.7. The molecule has 2 aromatic rings. The zero-order valence-electron chi connectivity index (χ0n) is 14.3. The highest BCUT2D eigenvalue weighted by atomic mass is 79.9. The number of carbonyl (C=O) groups is 2. The SMILES string of the molecule is COc1ccc([C@H]2NC(=O)NC(C)=C2C(=O)Nc2ccc(Br)cc2)cc1. The van der Waals surface area contributed by atoms with Crippen molar-refractivity contribution in [1.82, 2.24) is 10.6 Å². The monoisotopic (exact) mass is 415 g/mol. The van der Waals surface area contributed by atoms with Crippen LogP contribution in [0.2, 0.25) is 0 Å². The van der Waals surface area contributed by atoms with Crippen LogP contribution < -0.4 is 20.7 Å². The lowest BCUT2D eigenvalue weighted by Crippen LogP contribution is -2.45. The van der Waals surface area contributed by atoms with Crippen molar-refractivity contribution in [2.45, 2.75) is 13.0 Å². The van der Waals surface area contributed by atoms with Crippen LogP contribution in [0.5, 0.6) is 5.75 Å². The normalized spacial score (nSPS) is 16.6. The van der Waals surface area contributed by atoms with Crippen LogP contribution in [0.15, 0.2) is 64.3 Å².